The minimum atomic E-state index is -0.746. The largest absolute Gasteiger partial charge is 0.395 e. The number of β-amino-alcohol motifs (C(OH)–C–C–N with tert-alkyl or cyclic N) is 1. The molecule has 3 aliphatic rings. The van der Waals surface area contributed by atoms with E-state index in [0.717, 1.165) is 29.7 Å². The number of thioether (sulfide) groups is 1. The third kappa shape index (κ3) is 4.52. The van der Waals surface area contributed by atoms with Gasteiger partial charge in [0.05, 0.1) is 23.2 Å². The van der Waals surface area contributed by atoms with Gasteiger partial charge in [0.2, 0.25) is 11.8 Å². The SMILES string of the molecule is C=CCN(CCC)C(=O)[C@@H]1[C@H]2C(=O)N(CCO)C(C(=O)N(CC=C)c3cc(C)ccc3C)C23CC[C@H]1S3. The van der Waals surface area contributed by atoms with Gasteiger partial charge in [-0.25, -0.2) is 0 Å². The van der Waals surface area contributed by atoms with Gasteiger partial charge in [-0.3, -0.25) is 14.4 Å². The molecule has 3 aliphatic heterocycles. The van der Waals surface area contributed by atoms with Crippen LogP contribution in [0.2, 0.25) is 0 Å². The van der Waals surface area contributed by atoms with Crippen LogP contribution in [0, 0.1) is 25.7 Å². The number of carbonyl (C=O) groups excluding carboxylic acids is 3. The lowest BCUT2D eigenvalue weighted by atomic mass is 9.70. The summed E-state index contributed by atoms with van der Waals surface area (Å²) < 4.78 is -0.683. The average molecular weight is 526 g/mol. The maximum absolute atomic E-state index is 14.5. The molecular formula is C29H39N3O4S. The first kappa shape index (κ1) is 27.5. The molecule has 1 aromatic carbocycles. The zero-order valence-electron chi connectivity index (χ0n) is 22.2. The van der Waals surface area contributed by atoms with Crippen LogP contribution in [0.5, 0.6) is 0 Å². The normalized spacial score (nSPS) is 27.8. The summed E-state index contributed by atoms with van der Waals surface area (Å²) in [5, 5.41) is 9.89. The van der Waals surface area contributed by atoms with Crippen LogP contribution in [-0.4, -0.2) is 81.5 Å². The number of carbonyl (C=O) groups is 3. The van der Waals surface area contributed by atoms with Gasteiger partial charge < -0.3 is 19.8 Å². The maximum Gasteiger partial charge on any atom is 0.251 e. The van der Waals surface area contributed by atoms with E-state index in [0.29, 0.717) is 26.1 Å². The van der Waals surface area contributed by atoms with Crippen molar-refractivity contribution in [3.8, 4) is 0 Å². The van der Waals surface area contributed by atoms with Gasteiger partial charge in [-0.05, 0) is 50.3 Å². The molecule has 3 heterocycles. The highest BCUT2D eigenvalue weighted by molar-refractivity contribution is 8.02. The van der Waals surface area contributed by atoms with E-state index in [1.165, 1.54) is 0 Å². The highest BCUT2D eigenvalue weighted by Gasteiger charge is 2.74. The van der Waals surface area contributed by atoms with Crippen molar-refractivity contribution in [3.63, 3.8) is 0 Å². The molecule has 0 aromatic heterocycles. The number of hydrogen-bond donors (Lipinski definition) is 1. The van der Waals surface area contributed by atoms with E-state index in [-0.39, 0.29) is 36.1 Å². The topological polar surface area (TPSA) is 81.2 Å². The quantitative estimate of drug-likeness (QED) is 0.448. The lowest BCUT2D eigenvalue weighted by Crippen LogP contribution is -2.55. The highest BCUT2D eigenvalue weighted by Crippen LogP contribution is 2.66. The molecule has 1 spiro atoms. The number of hydrogen-bond acceptors (Lipinski definition) is 5. The molecule has 7 nitrogen and oxygen atoms in total. The molecule has 4 rings (SSSR count). The summed E-state index contributed by atoms with van der Waals surface area (Å²) in [6, 6.07) is 5.25. The van der Waals surface area contributed by atoms with Crippen LogP contribution >= 0.6 is 11.8 Å². The number of benzene rings is 1. The minimum absolute atomic E-state index is 0.00533. The number of anilines is 1. The minimum Gasteiger partial charge on any atom is -0.395 e. The Morgan fingerprint density at radius 2 is 1.95 bits per heavy atom. The van der Waals surface area contributed by atoms with E-state index in [4.69, 9.17) is 0 Å². The highest BCUT2D eigenvalue weighted by atomic mass is 32.2. The Labute approximate surface area is 224 Å². The summed E-state index contributed by atoms with van der Waals surface area (Å²) in [6.45, 7) is 14.9. The Kier molecular flexibility index (Phi) is 8.19. The van der Waals surface area contributed by atoms with Crippen molar-refractivity contribution in [2.45, 2.75) is 56.1 Å². The molecule has 3 saturated heterocycles. The molecule has 3 fully saturated rings. The number of fused-ring (bicyclic) bond motifs is 1. The fraction of sp³-hybridized carbons (Fsp3) is 0.552. The van der Waals surface area contributed by atoms with E-state index in [1.54, 1.807) is 38.6 Å². The van der Waals surface area contributed by atoms with Crippen LogP contribution in [0.3, 0.4) is 0 Å². The van der Waals surface area contributed by atoms with Crippen molar-refractivity contribution in [3.05, 3.63) is 54.6 Å². The molecule has 37 heavy (non-hydrogen) atoms. The molecule has 200 valence electrons. The van der Waals surface area contributed by atoms with Crippen LogP contribution in [0.4, 0.5) is 5.69 Å². The summed E-state index contributed by atoms with van der Waals surface area (Å²) in [5.74, 6) is -1.41. The number of amides is 3. The third-order valence-electron chi connectivity index (χ3n) is 8.05. The molecule has 8 heteroatoms. The van der Waals surface area contributed by atoms with E-state index >= 15 is 0 Å². The first-order valence-electron chi connectivity index (χ1n) is 13.2. The van der Waals surface area contributed by atoms with Crippen molar-refractivity contribution in [2.75, 3.05) is 37.7 Å². The van der Waals surface area contributed by atoms with Crippen LogP contribution in [0.25, 0.3) is 0 Å². The number of aliphatic hydroxyl groups is 1. The predicted octanol–water partition coefficient (Wildman–Crippen LogP) is 3.33. The van der Waals surface area contributed by atoms with Gasteiger partial charge in [-0.2, -0.15) is 0 Å². The fourth-order valence-electron chi connectivity index (χ4n) is 6.58. The smallest absolute Gasteiger partial charge is 0.251 e. The van der Waals surface area contributed by atoms with Crippen molar-refractivity contribution in [1.82, 2.24) is 9.80 Å². The van der Waals surface area contributed by atoms with Crippen molar-refractivity contribution < 1.29 is 19.5 Å². The van der Waals surface area contributed by atoms with E-state index < -0.39 is 22.6 Å². The Morgan fingerprint density at radius 1 is 1.22 bits per heavy atom. The molecule has 0 radical (unpaired) electrons. The van der Waals surface area contributed by atoms with Crippen LogP contribution < -0.4 is 4.90 Å². The van der Waals surface area contributed by atoms with Crippen molar-refractivity contribution in [1.29, 1.82) is 0 Å². The monoisotopic (exact) mass is 525 g/mol. The van der Waals surface area contributed by atoms with Gasteiger partial charge in [0.25, 0.3) is 5.91 Å². The lowest BCUT2D eigenvalue weighted by Gasteiger charge is -2.38. The Balaban J connectivity index is 1.77. The Morgan fingerprint density at radius 3 is 2.59 bits per heavy atom. The molecule has 5 atom stereocenters. The summed E-state index contributed by atoms with van der Waals surface area (Å²) in [4.78, 5) is 47.3. The zero-order chi connectivity index (χ0) is 26.9. The van der Waals surface area contributed by atoms with Gasteiger partial charge in [0, 0.05) is 37.1 Å². The van der Waals surface area contributed by atoms with Gasteiger partial charge in [0.1, 0.15) is 6.04 Å². The number of likely N-dealkylation sites (tertiary alicyclic amines) is 1. The maximum atomic E-state index is 14.5. The molecule has 3 amide bonds. The first-order valence-corrected chi connectivity index (χ1v) is 14.1. The van der Waals surface area contributed by atoms with Crippen LogP contribution in [0.15, 0.2) is 43.5 Å². The zero-order valence-corrected chi connectivity index (χ0v) is 23.0. The molecule has 0 aliphatic carbocycles. The van der Waals surface area contributed by atoms with Crippen molar-refractivity contribution in [2.24, 2.45) is 11.8 Å². The van der Waals surface area contributed by atoms with E-state index in [9.17, 15) is 19.5 Å². The van der Waals surface area contributed by atoms with Crippen LogP contribution in [-0.2, 0) is 14.4 Å². The van der Waals surface area contributed by atoms with E-state index in [1.807, 2.05) is 39.0 Å². The van der Waals surface area contributed by atoms with Crippen LogP contribution in [0.1, 0.15) is 37.3 Å². The van der Waals surface area contributed by atoms with Crippen molar-refractivity contribution >= 4 is 35.2 Å². The molecule has 0 saturated carbocycles. The van der Waals surface area contributed by atoms with Gasteiger partial charge in [-0.15, -0.1) is 24.9 Å². The summed E-state index contributed by atoms with van der Waals surface area (Å²) in [6.07, 6.45) is 5.73. The second kappa shape index (κ2) is 11.0. The third-order valence-corrected chi connectivity index (χ3v) is 10.00. The predicted molar refractivity (Wildman–Crippen MR) is 148 cm³/mol. The summed E-state index contributed by atoms with van der Waals surface area (Å²) in [5.41, 5.74) is 2.80. The summed E-state index contributed by atoms with van der Waals surface area (Å²) >= 11 is 1.66. The number of rotatable bonds is 11. The second-order valence-corrected chi connectivity index (χ2v) is 12.0. The van der Waals surface area contributed by atoms with E-state index in [2.05, 4.69) is 13.2 Å². The summed E-state index contributed by atoms with van der Waals surface area (Å²) in [7, 11) is 0. The molecule has 1 N–H and O–H groups in total. The molecule has 2 unspecified atom stereocenters. The van der Waals surface area contributed by atoms with Gasteiger partial charge in [0.15, 0.2) is 0 Å². The Hall–Kier alpha value is -2.58. The molecule has 2 bridgehead atoms. The molecule has 1 aromatic rings. The lowest BCUT2D eigenvalue weighted by molar-refractivity contribution is -0.144. The number of aliphatic hydroxyl groups excluding tert-OH is 1. The number of nitrogens with zero attached hydrogens (tertiary/aromatic N) is 3. The fourth-order valence-corrected chi connectivity index (χ4v) is 8.79. The van der Waals surface area contributed by atoms with Gasteiger partial charge >= 0.3 is 0 Å². The first-order chi connectivity index (χ1) is 17.7. The standard InChI is InChI=1S/C29H39N3O4S/c1-6-13-30(14-7-2)26(34)23-22-11-12-29(37-22)24(23)27(35)32(16-17-33)25(29)28(36)31(15-8-3)21-18-19(4)9-10-20(21)5/h6,8-10,18,22-25,33H,1,3,7,11-17H2,2,4-5H3/t22-,23+,24+,25?,29?/m1/s1. The Bertz CT molecular complexity index is 1090. The van der Waals surface area contributed by atoms with Gasteiger partial charge in [-0.1, -0.05) is 31.2 Å². The number of aryl methyl sites for hydroxylation is 2. The second-order valence-electron chi connectivity index (χ2n) is 10.4. The average Bonchev–Trinajstić information content (AvgIpc) is 3.51. The molecular weight excluding hydrogens is 486 g/mol.